The molecular formula is C13H11ClFN3O. The van der Waals surface area contributed by atoms with Gasteiger partial charge in [0.1, 0.15) is 11.5 Å². The zero-order valence-corrected chi connectivity index (χ0v) is 10.6. The molecule has 0 unspecified atom stereocenters. The highest BCUT2D eigenvalue weighted by atomic mass is 35.5. The summed E-state index contributed by atoms with van der Waals surface area (Å²) in [6.07, 6.45) is 1.46. The number of amides is 1. The van der Waals surface area contributed by atoms with Gasteiger partial charge in [0.15, 0.2) is 0 Å². The van der Waals surface area contributed by atoms with Crippen LogP contribution in [0.15, 0.2) is 36.5 Å². The summed E-state index contributed by atoms with van der Waals surface area (Å²) in [7, 11) is 0. The number of halogens is 2. The number of hydrogen-bond donors (Lipinski definition) is 2. The SMILES string of the molecule is Nc1ccnc(C(=O)NCc2ccc(F)c(Cl)c2)c1. The van der Waals surface area contributed by atoms with Crippen LogP contribution in [0.5, 0.6) is 0 Å². The number of rotatable bonds is 3. The van der Waals surface area contributed by atoms with Crippen molar-refractivity contribution in [2.24, 2.45) is 0 Å². The fourth-order valence-corrected chi connectivity index (χ4v) is 1.70. The summed E-state index contributed by atoms with van der Waals surface area (Å²) >= 11 is 5.65. The molecule has 4 nitrogen and oxygen atoms in total. The molecule has 0 aliphatic carbocycles. The van der Waals surface area contributed by atoms with Crippen LogP contribution in [0.25, 0.3) is 0 Å². The van der Waals surface area contributed by atoms with E-state index in [1.165, 1.54) is 24.4 Å². The van der Waals surface area contributed by atoms with E-state index in [1.807, 2.05) is 0 Å². The van der Waals surface area contributed by atoms with E-state index in [0.717, 1.165) is 0 Å². The van der Waals surface area contributed by atoms with E-state index in [2.05, 4.69) is 10.3 Å². The first kappa shape index (κ1) is 13.3. The smallest absolute Gasteiger partial charge is 0.270 e. The summed E-state index contributed by atoms with van der Waals surface area (Å²) in [4.78, 5) is 15.7. The van der Waals surface area contributed by atoms with Crippen molar-refractivity contribution in [1.29, 1.82) is 0 Å². The number of nitrogens with zero attached hydrogens (tertiary/aromatic N) is 1. The van der Waals surface area contributed by atoms with Gasteiger partial charge < -0.3 is 11.1 Å². The number of nitrogen functional groups attached to an aromatic ring is 1. The maximum absolute atomic E-state index is 13.0. The molecule has 0 atom stereocenters. The van der Waals surface area contributed by atoms with E-state index < -0.39 is 5.82 Å². The zero-order chi connectivity index (χ0) is 13.8. The summed E-state index contributed by atoms with van der Waals surface area (Å²) in [6.45, 7) is 0.231. The van der Waals surface area contributed by atoms with Crippen molar-refractivity contribution in [2.75, 3.05) is 5.73 Å². The molecule has 1 aromatic carbocycles. The van der Waals surface area contributed by atoms with Crippen LogP contribution in [0.2, 0.25) is 5.02 Å². The number of pyridine rings is 1. The number of aromatic nitrogens is 1. The second-order valence-electron chi connectivity index (χ2n) is 3.91. The van der Waals surface area contributed by atoms with Crippen LogP contribution in [0.3, 0.4) is 0 Å². The summed E-state index contributed by atoms with van der Waals surface area (Å²) in [5.41, 5.74) is 6.95. The Labute approximate surface area is 114 Å². The Kier molecular flexibility index (Phi) is 3.97. The number of carbonyl (C=O) groups is 1. The number of nitrogens with one attached hydrogen (secondary N) is 1. The average molecular weight is 280 g/mol. The van der Waals surface area contributed by atoms with Crippen molar-refractivity contribution < 1.29 is 9.18 Å². The van der Waals surface area contributed by atoms with Crippen LogP contribution < -0.4 is 11.1 Å². The van der Waals surface area contributed by atoms with E-state index in [1.54, 1.807) is 12.1 Å². The average Bonchev–Trinajstić information content (AvgIpc) is 2.40. The van der Waals surface area contributed by atoms with Crippen molar-refractivity contribution >= 4 is 23.2 Å². The molecule has 0 saturated carbocycles. The Morgan fingerprint density at radius 2 is 2.16 bits per heavy atom. The molecule has 1 aromatic heterocycles. The molecule has 0 bridgehead atoms. The van der Waals surface area contributed by atoms with Crippen molar-refractivity contribution in [3.8, 4) is 0 Å². The standard InChI is InChI=1S/C13H11ClFN3O/c14-10-5-8(1-2-11(10)15)7-18-13(19)12-6-9(16)3-4-17-12/h1-6H,7H2,(H2,16,17)(H,18,19). The van der Waals surface area contributed by atoms with E-state index in [-0.39, 0.29) is 23.2 Å². The minimum atomic E-state index is -0.491. The maximum Gasteiger partial charge on any atom is 0.270 e. The molecule has 1 heterocycles. The molecule has 0 radical (unpaired) electrons. The van der Waals surface area contributed by atoms with Gasteiger partial charge in [-0.05, 0) is 29.8 Å². The molecule has 0 fully saturated rings. The highest BCUT2D eigenvalue weighted by Crippen LogP contribution is 2.15. The Balaban J connectivity index is 2.02. The van der Waals surface area contributed by atoms with Crippen LogP contribution >= 0.6 is 11.6 Å². The normalized spacial score (nSPS) is 10.2. The number of nitrogens with two attached hydrogens (primary N) is 1. The fraction of sp³-hybridized carbons (Fsp3) is 0.0769. The van der Waals surface area contributed by atoms with Crippen molar-refractivity contribution in [2.45, 2.75) is 6.54 Å². The van der Waals surface area contributed by atoms with E-state index in [9.17, 15) is 9.18 Å². The quantitative estimate of drug-likeness (QED) is 0.906. The highest BCUT2D eigenvalue weighted by Gasteiger charge is 2.07. The molecular weight excluding hydrogens is 269 g/mol. The van der Waals surface area contributed by atoms with Gasteiger partial charge in [0.05, 0.1) is 5.02 Å². The van der Waals surface area contributed by atoms with Crippen LogP contribution in [-0.2, 0) is 6.54 Å². The van der Waals surface area contributed by atoms with Gasteiger partial charge in [-0.25, -0.2) is 4.39 Å². The molecule has 2 rings (SSSR count). The largest absolute Gasteiger partial charge is 0.399 e. The molecule has 0 aliphatic heterocycles. The zero-order valence-electron chi connectivity index (χ0n) is 9.86. The van der Waals surface area contributed by atoms with E-state index in [0.29, 0.717) is 11.3 Å². The van der Waals surface area contributed by atoms with Crippen molar-refractivity contribution in [1.82, 2.24) is 10.3 Å². The summed E-state index contributed by atoms with van der Waals surface area (Å²) in [6, 6.07) is 7.34. The van der Waals surface area contributed by atoms with Gasteiger partial charge in [0.25, 0.3) is 5.91 Å². The first-order valence-corrected chi connectivity index (χ1v) is 5.88. The summed E-state index contributed by atoms with van der Waals surface area (Å²) in [5, 5.41) is 2.67. The molecule has 3 N–H and O–H groups in total. The van der Waals surface area contributed by atoms with Crippen LogP contribution in [0.1, 0.15) is 16.1 Å². The lowest BCUT2D eigenvalue weighted by Crippen LogP contribution is -2.23. The molecule has 98 valence electrons. The van der Waals surface area contributed by atoms with Gasteiger partial charge in [-0.3, -0.25) is 9.78 Å². The second-order valence-corrected chi connectivity index (χ2v) is 4.31. The van der Waals surface area contributed by atoms with Gasteiger partial charge in [-0.15, -0.1) is 0 Å². The lowest BCUT2D eigenvalue weighted by atomic mass is 10.2. The monoisotopic (exact) mass is 279 g/mol. The lowest BCUT2D eigenvalue weighted by Gasteiger charge is -2.06. The summed E-state index contributed by atoms with van der Waals surface area (Å²) < 4.78 is 13.0. The molecule has 0 spiro atoms. The highest BCUT2D eigenvalue weighted by molar-refractivity contribution is 6.30. The Bertz CT molecular complexity index is 619. The van der Waals surface area contributed by atoms with Gasteiger partial charge in [0.2, 0.25) is 0 Å². The number of benzene rings is 1. The fourth-order valence-electron chi connectivity index (χ4n) is 1.49. The third kappa shape index (κ3) is 3.42. The topological polar surface area (TPSA) is 68.0 Å². The molecule has 19 heavy (non-hydrogen) atoms. The number of hydrogen-bond acceptors (Lipinski definition) is 3. The molecule has 1 amide bonds. The van der Waals surface area contributed by atoms with Gasteiger partial charge in [0, 0.05) is 18.4 Å². The molecule has 0 aliphatic rings. The first-order valence-electron chi connectivity index (χ1n) is 5.50. The Morgan fingerprint density at radius 1 is 1.37 bits per heavy atom. The maximum atomic E-state index is 13.0. The lowest BCUT2D eigenvalue weighted by molar-refractivity contribution is 0.0946. The van der Waals surface area contributed by atoms with E-state index >= 15 is 0 Å². The van der Waals surface area contributed by atoms with Crippen LogP contribution in [0.4, 0.5) is 10.1 Å². The third-order valence-electron chi connectivity index (χ3n) is 2.45. The van der Waals surface area contributed by atoms with Gasteiger partial charge >= 0.3 is 0 Å². The third-order valence-corrected chi connectivity index (χ3v) is 2.74. The second kappa shape index (κ2) is 5.67. The van der Waals surface area contributed by atoms with Crippen LogP contribution in [0, 0.1) is 5.82 Å². The van der Waals surface area contributed by atoms with E-state index in [4.69, 9.17) is 17.3 Å². The Morgan fingerprint density at radius 3 is 2.84 bits per heavy atom. The molecule has 2 aromatic rings. The predicted octanol–water partition coefficient (Wildman–Crippen LogP) is 2.39. The minimum Gasteiger partial charge on any atom is -0.399 e. The number of anilines is 1. The first-order chi connectivity index (χ1) is 9.06. The molecule has 6 heteroatoms. The molecule has 0 saturated heterocycles. The van der Waals surface area contributed by atoms with Gasteiger partial charge in [-0.2, -0.15) is 0 Å². The van der Waals surface area contributed by atoms with Gasteiger partial charge in [-0.1, -0.05) is 17.7 Å². The van der Waals surface area contributed by atoms with Crippen molar-refractivity contribution in [3.05, 3.63) is 58.6 Å². The summed E-state index contributed by atoms with van der Waals surface area (Å²) in [5.74, 6) is -0.845. The van der Waals surface area contributed by atoms with Crippen molar-refractivity contribution in [3.63, 3.8) is 0 Å². The minimum absolute atomic E-state index is 0.0221. The predicted molar refractivity (Wildman–Crippen MR) is 71.2 cm³/mol. The van der Waals surface area contributed by atoms with Crippen LogP contribution in [-0.4, -0.2) is 10.9 Å². The number of carbonyl (C=O) groups excluding carboxylic acids is 1. The Hall–Kier alpha value is -2.14.